The van der Waals surface area contributed by atoms with Crippen LogP contribution in [-0.4, -0.2) is 82.7 Å². The molecule has 14 nitrogen and oxygen atoms in total. The number of ether oxygens (including phenoxy) is 1. The molecule has 5 amide bonds. The van der Waals surface area contributed by atoms with E-state index in [2.05, 4.69) is 26.4 Å². The van der Waals surface area contributed by atoms with Crippen LogP contribution in [-0.2, 0) is 32.1 Å². The lowest BCUT2D eigenvalue weighted by atomic mass is 9.99. The van der Waals surface area contributed by atoms with E-state index in [4.69, 9.17) is 10.5 Å². The van der Waals surface area contributed by atoms with E-state index in [1.165, 1.54) is 18.2 Å². The van der Waals surface area contributed by atoms with Crippen LogP contribution in [0.25, 0.3) is 10.9 Å². The Morgan fingerprint density at radius 2 is 1.44 bits per heavy atom. The van der Waals surface area contributed by atoms with Gasteiger partial charge in [0.1, 0.15) is 17.8 Å². The quantitative estimate of drug-likeness (QED) is 0.0888. The van der Waals surface area contributed by atoms with Gasteiger partial charge in [0.25, 0.3) is 11.8 Å². The first-order valence-electron chi connectivity index (χ1n) is 16.8. The highest BCUT2D eigenvalue weighted by Gasteiger charge is 2.32. The first kappa shape index (κ1) is 38.9. The van der Waals surface area contributed by atoms with Gasteiger partial charge < -0.3 is 31.5 Å². The summed E-state index contributed by atoms with van der Waals surface area (Å²) in [7, 11) is 1.20. The lowest BCUT2D eigenvalue weighted by Gasteiger charge is -2.32. The molecule has 0 spiro atoms. The first-order valence-corrected chi connectivity index (χ1v) is 16.8. The Hall–Kier alpha value is -5.86. The maximum Gasteiger partial charge on any atom is 0.407 e. The molecule has 0 saturated heterocycles. The number of aliphatic hydroxyl groups is 1. The summed E-state index contributed by atoms with van der Waals surface area (Å²) in [6.07, 6.45) is -2.43. The summed E-state index contributed by atoms with van der Waals surface area (Å²) >= 11 is 0. The Kier molecular flexibility index (Phi) is 14.2. The molecule has 0 bridgehead atoms. The largest absolute Gasteiger partial charge is 0.453 e. The first-order chi connectivity index (χ1) is 24.9. The molecule has 4 aromatic rings. The van der Waals surface area contributed by atoms with Crippen molar-refractivity contribution < 1.29 is 33.8 Å². The van der Waals surface area contributed by atoms with Crippen LogP contribution >= 0.6 is 0 Å². The Morgan fingerprint density at radius 3 is 2.08 bits per heavy atom. The second kappa shape index (κ2) is 18.9. The number of aliphatic hydroxyl groups excluding tert-OH is 1. The van der Waals surface area contributed by atoms with Crippen LogP contribution in [0, 0.1) is 5.92 Å². The van der Waals surface area contributed by atoms with Crippen molar-refractivity contribution in [2.75, 3.05) is 13.7 Å². The molecule has 1 aromatic heterocycles. The van der Waals surface area contributed by atoms with Crippen molar-refractivity contribution in [2.45, 2.75) is 57.5 Å². The van der Waals surface area contributed by atoms with E-state index in [0.717, 1.165) is 16.5 Å². The van der Waals surface area contributed by atoms with Gasteiger partial charge in [-0.2, -0.15) is 0 Å². The molecule has 0 saturated carbocycles. The highest BCUT2D eigenvalue weighted by molar-refractivity contribution is 5.99. The molecular weight excluding hydrogens is 666 g/mol. The number of carbonyl (C=O) groups is 5. The van der Waals surface area contributed by atoms with Gasteiger partial charge >= 0.3 is 6.09 Å². The van der Waals surface area contributed by atoms with Gasteiger partial charge in [0.2, 0.25) is 11.8 Å². The number of aromatic nitrogens is 1. The van der Waals surface area contributed by atoms with Gasteiger partial charge in [-0.05, 0) is 35.6 Å². The fourth-order valence-electron chi connectivity index (χ4n) is 5.52. The summed E-state index contributed by atoms with van der Waals surface area (Å²) in [6.45, 7) is 3.52. The molecule has 3 aromatic carbocycles. The highest BCUT2D eigenvalue weighted by atomic mass is 16.5. The van der Waals surface area contributed by atoms with E-state index in [9.17, 15) is 29.1 Å². The lowest BCUT2D eigenvalue weighted by molar-refractivity contribution is -0.131. The van der Waals surface area contributed by atoms with E-state index in [-0.39, 0.29) is 31.1 Å². The van der Waals surface area contributed by atoms with Crippen molar-refractivity contribution in [3.05, 3.63) is 114 Å². The van der Waals surface area contributed by atoms with Crippen LogP contribution in [0.5, 0.6) is 0 Å². The number of hydrogen-bond donors (Lipinski definition) is 6. The van der Waals surface area contributed by atoms with E-state index < -0.39 is 60.4 Å². The number of amides is 5. The number of para-hydroxylation sites is 1. The SMILES string of the molecule is COC(=O)N[C@H](C(=O)NN(Cc1ccccc1)C[C@H](O)[C@H](Cc1ccccc1)NC(=O)[C@H](CC(N)=O)NC(=O)c1ccc2ccccc2n1)C(C)C. The van der Waals surface area contributed by atoms with Crippen LogP contribution in [0.4, 0.5) is 4.79 Å². The Bertz CT molecular complexity index is 1820. The number of nitrogens with two attached hydrogens (primary N) is 1. The minimum absolute atomic E-state index is 0.0375. The number of hydrogen-bond acceptors (Lipinski definition) is 9. The van der Waals surface area contributed by atoms with Crippen molar-refractivity contribution in [3.8, 4) is 0 Å². The number of alkyl carbamates (subject to hydrolysis) is 1. The highest BCUT2D eigenvalue weighted by Crippen LogP contribution is 2.14. The number of hydrazine groups is 1. The van der Waals surface area contributed by atoms with Gasteiger partial charge in [0.15, 0.2) is 0 Å². The van der Waals surface area contributed by atoms with Crippen molar-refractivity contribution in [2.24, 2.45) is 11.7 Å². The molecule has 274 valence electrons. The van der Waals surface area contributed by atoms with Gasteiger partial charge in [0.05, 0.1) is 31.2 Å². The number of benzene rings is 3. The molecular formula is C38H45N7O7. The maximum absolute atomic E-state index is 13.8. The van der Waals surface area contributed by atoms with Crippen molar-refractivity contribution in [1.29, 1.82) is 0 Å². The smallest absolute Gasteiger partial charge is 0.407 e. The molecule has 0 fully saturated rings. The number of pyridine rings is 1. The molecule has 7 N–H and O–H groups in total. The Balaban J connectivity index is 1.58. The molecule has 0 unspecified atom stereocenters. The van der Waals surface area contributed by atoms with Crippen LogP contribution in [0.1, 0.15) is 41.9 Å². The number of nitrogens with zero attached hydrogens (tertiary/aromatic N) is 2. The minimum atomic E-state index is -1.39. The maximum atomic E-state index is 13.8. The summed E-state index contributed by atoms with van der Waals surface area (Å²) < 4.78 is 4.70. The third-order valence-corrected chi connectivity index (χ3v) is 8.25. The monoisotopic (exact) mass is 711 g/mol. The normalized spacial score (nSPS) is 13.4. The summed E-state index contributed by atoms with van der Waals surface area (Å²) in [4.78, 5) is 69.0. The zero-order valence-electron chi connectivity index (χ0n) is 29.3. The van der Waals surface area contributed by atoms with E-state index in [1.807, 2.05) is 72.8 Å². The Labute approximate surface area is 302 Å². The molecule has 14 heteroatoms. The topological polar surface area (TPSA) is 205 Å². The minimum Gasteiger partial charge on any atom is -0.453 e. The molecule has 0 radical (unpaired) electrons. The van der Waals surface area contributed by atoms with Crippen LogP contribution in [0.15, 0.2) is 97.1 Å². The van der Waals surface area contributed by atoms with Crippen LogP contribution < -0.4 is 27.1 Å². The van der Waals surface area contributed by atoms with Crippen molar-refractivity contribution in [1.82, 2.24) is 31.4 Å². The number of nitrogens with one attached hydrogen (secondary N) is 4. The summed E-state index contributed by atoms with van der Waals surface area (Å²) in [5.41, 5.74) is 10.5. The Morgan fingerprint density at radius 1 is 0.808 bits per heavy atom. The average Bonchev–Trinajstić information content (AvgIpc) is 3.13. The van der Waals surface area contributed by atoms with E-state index in [1.54, 1.807) is 32.0 Å². The number of carbonyl (C=O) groups excluding carboxylic acids is 5. The van der Waals surface area contributed by atoms with Gasteiger partial charge in [0, 0.05) is 18.5 Å². The summed E-state index contributed by atoms with van der Waals surface area (Å²) in [5.74, 6) is -3.13. The third kappa shape index (κ3) is 11.6. The van der Waals surface area contributed by atoms with Gasteiger partial charge in [-0.25, -0.2) is 14.8 Å². The number of rotatable bonds is 17. The van der Waals surface area contributed by atoms with Crippen molar-refractivity contribution >= 4 is 40.6 Å². The predicted molar refractivity (Wildman–Crippen MR) is 194 cm³/mol. The molecule has 1 heterocycles. The average molecular weight is 712 g/mol. The second-order valence-corrected chi connectivity index (χ2v) is 12.7. The third-order valence-electron chi connectivity index (χ3n) is 8.25. The zero-order valence-corrected chi connectivity index (χ0v) is 29.3. The predicted octanol–water partition coefficient (Wildman–Crippen LogP) is 2.21. The molecule has 4 atom stereocenters. The molecule has 0 aliphatic heterocycles. The van der Waals surface area contributed by atoms with Crippen LogP contribution in [0.3, 0.4) is 0 Å². The van der Waals surface area contributed by atoms with Crippen LogP contribution in [0.2, 0.25) is 0 Å². The molecule has 0 aliphatic carbocycles. The number of fused-ring (bicyclic) bond motifs is 1. The molecule has 4 rings (SSSR count). The zero-order chi connectivity index (χ0) is 37.6. The summed E-state index contributed by atoms with van der Waals surface area (Å²) in [6, 6.07) is 25.5. The fourth-order valence-corrected chi connectivity index (χ4v) is 5.52. The van der Waals surface area contributed by atoms with Crippen molar-refractivity contribution in [3.63, 3.8) is 0 Å². The lowest BCUT2D eigenvalue weighted by Crippen LogP contribution is -2.59. The van der Waals surface area contributed by atoms with Gasteiger partial charge in [-0.3, -0.25) is 24.6 Å². The number of primary amides is 1. The molecule has 0 aliphatic rings. The van der Waals surface area contributed by atoms with E-state index in [0.29, 0.717) is 5.52 Å². The standard InChI is InChI=1S/C38H45N7O7/c1-24(2)34(43-38(51)52-3)37(50)44-45(22-26-14-8-5-9-15-26)23-32(46)30(20-25-12-6-4-7-13-25)41-36(49)31(21-33(39)47)42-35(48)29-19-18-27-16-10-11-17-28(27)40-29/h4-19,24,30-32,34,46H,20-23H2,1-3H3,(H2,39,47)(H,41,49)(H,42,48)(H,43,51)(H,44,50)/t30-,31-,32-,34-/m0/s1. The van der Waals surface area contributed by atoms with Gasteiger partial charge in [-0.15, -0.1) is 0 Å². The molecule has 52 heavy (non-hydrogen) atoms. The summed E-state index contributed by atoms with van der Waals surface area (Å²) in [5, 5.41) is 22.0. The van der Waals surface area contributed by atoms with E-state index >= 15 is 0 Å². The van der Waals surface area contributed by atoms with Gasteiger partial charge in [-0.1, -0.05) is 98.8 Å². The second-order valence-electron chi connectivity index (χ2n) is 12.7. The number of methoxy groups -OCH3 is 1. The fraction of sp³-hybridized carbons (Fsp3) is 0.316.